The highest BCUT2D eigenvalue weighted by Crippen LogP contribution is 2.35. The second-order valence-corrected chi connectivity index (χ2v) is 8.98. The summed E-state index contributed by atoms with van der Waals surface area (Å²) in [6.45, 7) is -0.166. The van der Waals surface area contributed by atoms with Gasteiger partial charge in [0.05, 0.1) is 33.7 Å². The highest BCUT2D eigenvalue weighted by molar-refractivity contribution is 7.12. The normalized spacial score (nSPS) is 15.0. The van der Waals surface area contributed by atoms with E-state index in [1.807, 2.05) is 17.5 Å². The minimum atomic E-state index is -0.689. The van der Waals surface area contributed by atoms with Crippen LogP contribution in [-0.2, 0) is 9.53 Å². The number of ether oxygens (including phenoxy) is 1. The topological polar surface area (TPSA) is 105 Å². The Hall–Kier alpha value is -3.96. The molecule has 0 aliphatic carbocycles. The molecule has 0 fully saturated rings. The van der Waals surface area contributed by atoms with Crippen molar-refractivity contribution in [3.05, 3.63) is 98.0 Å². The first kappa shape index (κ1) is 25.1. The molecule has 186 valence electrons. The van der Waals surface area contributed by atoms with Gasteiger partial charge in [-0.15, -0.1) is 11.3 Å². The Kier molecular flexibility index (Phi) is 7.81. The molecule has 11 heteroatoms. The van der Waals surface area contributed by atoms with Crippen molar-refractivity contribution in [2.45, 2.75) is 12.5 Å². The molecule has 1 unspecified atom stereocenters. The van der Waals surface area contributed by atoms with Crippen molar-refractivity contribution in [2.75, 3.05) is 26.8 Å². The molecule has 1 aliphatic heterocycles. The molecule has 0 spiro atoms. The fourth-order valence-electron chi connectivity index (χ4n) is 3.93. The van der Waals surface area contributed by atoms with Gasteiger partial charge in [0.25, 0.3) is 17.5 Å². The van der Waals surface area contributed by atoms with Crippen LogP contribution in [0.3, 0.4) is 0 Å². The van der Waals surface area contributed by atoms with Crippen LogP contribution in [0.15, 0.2) is 71.1 Å². The summed E-state index contributed by atoms with van der Waals surface area (Å²) in [6.07, 6.45) is 0.354. The van der Waals surface area contributed by atoms with Gasteiger partial charge in [-0.25, -0.2) is 9.40 Å². The third-order valence-corrected chi connectivity index (χ3v) is 6.64. The lowest BCUT2D eigenvalue weighted by Crippen LogP contribution is -2.43. The summed E-state index contributed by atoms with van der Waals surface area (Å²) in [5.41, 5.74) is 0.970. The number of nitro groups is 1. The molecule has 0 saturated carbocycles. The van der Waals surface area contributed by atoms with Crippen LogP contribution in [-0.4, -0.2) is 59.2 Å². The second-order valence-electron chi connectivity index (χ2n) is 8.03. The Morgan fingerprint density at radius 2 is 2.03 bits per heavy atom. The summed E-state index contributed by atoms with van der Waals surface area (Å²) < 4.78 is 19.4. The lowest BCUT2D eigenvalue weighted by atomic mass is 10.0. The van der Waals surface area contributed by atoms with Crippen molar-refractivity contribution >= 4 is 34.6 Å². The van der Waals surface area contributed by atoms with Crippen LogP contribution in [0, 0.1) is 15.9 Å². The highest BCUT2D eigenvalue weighted by Gasteiger charge is 2.35. The molecule has 36 heavy (non-hydrogen) atoms. The van der Waals surface area contributed by atoms with Crippen LogP contribution in [0.5, 0.6) is 0 Å². The molecular weight excluding hydrogens is 487 g/mol. The number of nitro benzene ring substituents is 1. The SMILES string of the molecule is COCCN(CC(=O)N1N=C(c2cccs2)CC1c1cccc([N+](=O)[O-])c1)C(=O)c1ccccc1F. The zero-order valence-corrected chi connectivity index (χ0v) is 20.2. The fraction of sp³-hybridized carbons (Fsp3) is 0.240. The Labute approximate surface area is 210 Å². The Balaban J connectivity index is 1.64. The molecule has 0 N–H and O–H groups in total. The molecule has 0 bridgehead atoms. The van der Waals surface area contributed by atoms with E-state index in [1.54, 1.807) is 18.2 Å². The van der Waals surface area contributed by atoms with Crippen LogP contribution in [0.4, 0.5) is 10.1 Å². The van der Waals surface area contributed by atoms with Gasteiger partial charge in [0.15, 0.2) is 0 Å². The van der Waals surface area contributed by atoms with E-state index in [-0.39, 0.29) is 30.9 Å². The average Bonchev–Trinajstić information content (AvgIpc) is 3.57. The van der Waals surface area contributed by atoms with Crippen molar-refractivity contribution < 1.29 is 23.6 Å². The number of halogens is 1. The van der Waals surface area contributed by atoms with Crippen LogP contribution in [0.2, 0.25) is 0 Å². The quantitative estimate of drug-likeness (QED) is 0.316. The number of benzene rings is 2. The summed E-state index contributed by atoms with van der Waals surface area (Å²) >= 11 is 1.47. The van der Waals surface area contributed by atoms with E-state index in [9.17, 15) is 24.1 Å². The van der Waals surface area contributed by atoms with E-state index >= 15 is 0 Å². The van der Waals surface area contributed by atoms with Gasteiger partial charge in [0.2, 0.25) is 0 Å². The van der Waals surface area contributed by atoms with E-state index in [0.29, 0.717) is 17.7 Å². The van der Waals surface area contributed by atoms with Crippen molar-refractivity contribution in [3.8, 4) is 0 Å². The molecule has 2 amide bonds. The number of nitrogens with zero attached hydrogens (tertiary/aromatic N) is 4. The zero-order valence-electron chi connectivity index (χ0n) is 19.4. The van der Waals surface area contributed by atoms with Crippen LogP contribution in [0.25, 0.3) is 0 Å². The third-order valence-electron chi connectivity index (χ3n) is 5.72. The maximum Gasteiger partial charge on any atom is 0.269 e. The number of hydrogen-bond acceptors (Lipinski definition) is 7. The number of methoxy groups -OCH3 is 1. The van der Waals surface area contributed by atoms with Crippen molar-refractivity contribution in [1.82, 2.24) is 9.91 Å². The smallest absolute Gasteiger partial charge is 0.269 e. The van der Waals surface area contributed by atoms with Crippen molar-refractivity contribution in [1.29, 1.82) is 0 Å². The number of carbonyl (C=O) groups excluding carboxylic acids is 2. The lowest BCUT2D eigenvalue weighted by Gasteiger charge is -2.27. The molecule has 0 saturated heterocycles. The van der Waals surface area contributed by atoms with E-state index in [1.165, 1.54) is 58.7 Å². The van der Waals surface area contributed by atoms with E-state index < -0.39 is 28.6 Å². The zero-order chi connectivity index (χ0) is 25.7. The summed E-state index contributed by atoms with van der Waals surface area (Å²) in [5, 5.41) is 19.0. The minimum Gasteiger partial charge on any atom is -0.383 e. The number of hydrazone groups is 1. The van der Waals surface area contributed by atoms with Crippen LogP contribution < -0.4 is 0 Å². The minimum absolute atomic E-state index is 0.0617. The number of amides is 2. The first-order valence-corrected chi connectivity index (χ1v) is 12.0. The number of rotatable bonds is 9. The summed E-state index contributed by atoms with van der Waals surface area (Å²) in [7, 11) is 1.46. The highest BCUT2D eigenvalue weighted by atomic mass is 32.1. The maximum absolute atomic E-state index is 14.3. The van der Waals surface area contributed by atoms with Gasteiger partial charge in [-0.2, -0.15) is 5.10 Å². The summed E-state index contributed by atoms with van der Waals surface area (Å²) in [5.74, 6) is -1.84. The lowest BCUT2D eigenvalue weighted by molar-refractivity contribution is -0.385. The molecule has 3 aromatic rings. The second kappa shape index (κ2) is 11.2. The summed E-state index contributed by atoms with van der Waals surface area (Å²) in [6, 6.07) is 14.8. The van der Waals surface area contributed by atoms with Gasteiger partial charge >= 0.3 is 0 Å². The van der Waals surface area contributed by atoms with Gasteiger partial charge in [-0.1, -0.05) is 30.3 Å². The van der Waals surface area contributed by atoms with E-state index in [4.69, 9.17) is 4.74 Å². The maximum atomic E-state index is 14.3. The van der Waals surface area contributed by atoms with Gasteiger partial charge in [-0.3, -0.25) is 19.7 Å². The summed E-state index contributed by atoms with van der Waals surface area (Å²) in [4.78, 5) is 39.5. The first-order chi connectivity index (χ1) is 17.4. The van der Waals surface area contributed by atoms with E-state index in [0.717, 1.165) is 4.88 Å². The number of thiophene rings is 1. The molecule has 9 nitrogen and oxygen atoms in total. The van der Waals surface area contributed by atoms with Crippen LogP contribution >= 0.6 is 11.3 Å². The van der Waals surface area contributed by atoms with Gasteiger partial charge < -0.3 is 9.64 Å². The van der Waals surface area contributed by atoms with Crippen LogP contribution in [0.1, 0.15) is 33.3 Å². The van der Waals surface area contributed by atoms with Gasteiger partial charge in [0, 0.05) is 32.2 Å². The van der Waals surface area contributed by atoms with Gasteiger partial charge in [-0.05, 0) is 29.1 Å². The predicted octanol–water partition coefficient (Wildman–Crippen LogP) is 4.26. The van der Waals surface area contributed by atoms with Crippen molar-refractivity contribution in [3.63, 3.8) is 0 Å². The molecule has 1 aromatic heterocycles. The molecular formula is C25H23FN4O5S. The molecule has 1 atom stereocenters. The average molecular weight is 511 g/mol. The molecule has 2 aromatic carbocycles. The largest absolute Gasteiger partial charge is 0.383 e. The number of hydrogen-bond donors (Lipinski definition) is 0. The number of non-ortho nitro benzene ring substituents is 1. The molecule has 2 heterocycles. The third kappa shape index (κ3) is 5.47. The Morgan fingerprint density at radius 1 is 1.22 bits per heavy atom. The molecule has 4 rings (SSSR count). The van der Waals surface area contributed by atoms with Gasteiger partial charge in [0.1, 0.15) is 12.4 Å². The number of carbonyl (C=O) groups is 2. The standard InChI is InChI=1S/C25H23FN4O5S/c1-35-12-11-28(25(32)19-8-2-3-9-20(19)26)16-24(31)29-22(15-21(27-29)23-10-5-13-36-23)17-6-4-7-18(14-17)30(33)34/h2-10,13-14,22H,11-12,15-16H2,1H3. The monoisotopic (exact) mass is 510 g/mol. The molecule has 0 radical (unpaired) electrons. The first-order valence-electron chi connectivity index (χ1n) is 11.1. The predicted molar refractivity (Wildman–Crippen MR) is 132 cm³/mol. The molecule has 1 aliphatic rings. The fourth-order valence-corrected chi connectivity index (χ4v) is 4.65. The van der Waals surface area contributed by atoms with E-state index in [2.05, 4.69) is 5.10 Å². The Morgan fingerprint density at radius 3 is 2.72 bits per heavy atom. The Bertz CT molecular complexity index is 1300. The van der Waals surface area contributed by atoms with Crippen molar-refractivity contribution in [2.24, 2.45) is 5.10 Å².